The van der Waals surface area contributed by atoms with Crippen molar-refractivity contribution in [2.24, 2.45) is 5.92 Å². The van der Waals surface area contributed by atoms with E-state index in [0.29, 0.717) is 37.7 Å². The Hall–Kier alpha value is -4.31. The van der Waals surface area contributed by atoms with Gasteiger partial charge in [0.05, 0.1) is 5.92 Å². The zero-order valence-electron chi connectivity index (χ0n) is 19.0. The van der Waals surface area contributed by atoms with Crippen LogP contribution in [0.25, 0.3) is 34.3 Å². The van der Waals surface area contributed by atoms with E-state index in [-0.39, 0.29) is 29.0 Å². The number of rotatable bonds is 8. The molecule has 0 aliphatic carbocycles. The smallest absolute Gasteiger partial charge is 0.309 e. The first kappa shape index (κ1) is 22.5. The summed E-state index contributed by atoms with van der Waals surface area (Å²) in [5.41, 5.74) is 3.15. The molecule has 0 saturated carbocycles. The molecule has 0 bridgehead atoms. The number of likely N-dealkylation sites (tertiary alicyclic amines) is 1. The van der Waals surface area contributed by atoms with Crippen molar-refractivity contribution in [3.8, 4) is 34.3 Å². The summed E-state index contributed by atoms with van der Waals surface area (Å²) in [6.07, 6.45) is 0. The molecule has 10 nitrogen and oxygen atoms in total. The number of hydrogen-bond acceptors (Lipinski definition) is 8. The van der Waals surface area contributed by atoms with Gasteiger partial charge in [-0.3, -0.25) is 14.5 Å². The SMILES string of the molecule is CCNC(=O)c1c(-c2ccccc2)noc1-c1nc(-c2ccc(CN3CC(C(=O)O)C3)cc2)no1. The summed E-state index contributed by atoms with van der Waals surface area (Å²) in [6, 6.07) is 16.9. The van der Waals surface area contributed by atoms with Gasteiger partial charge in [0.25, 0.3) is 11.8 Å². The topological polar surface area (TPSA) is 135 Å². The van der Waals surface area contributed by atoms with Gasteiger partial charge in [0, 0.05) is 37.3 Å². The molecule has 0 atom stereocenters. The van der Waals surface area contributed by atoms with Crippen molar-refractivity contribution in [2.45, 2.75) is 13.5 Å². The summed E-state index contributed by atoms with van der Waals surface area (Å²) in [7, 11) is 0. The molecule has 2 aromatic heterocycles. The molecule has 2 N–H and O–H groups in total. The molecule has 4 aromatic rings. The molecular weight excluding hydrogens is 450 g/mol. The number of aliphatic carboxylic acids is 1. The molecule has 178 valence electrons. The molecule has 3 heterocycles. The molecule has 0 radical (unpaired) electrons. The molecule has 1 aliphatic heterocycles. The van der Waals surface area contributed by atoms with Crippen molar-refractivity contribution >= 4 is 11.9 Å². The monoisotopic (exact) mass is 473 g/mol. The highest BCUT2D eigenvalue weighted by Crippen LogP contribution is 2.32. The lowest BCUT2D eigenvalue weighted by atomic mass is 9.99. The van der Waals surface area contributed by atoms with Gasteiger partial charge in [0.2, 0.25) is 11.6 Å². The Labute approximate surface area is 200 Å². The van der Waals surface area contributed by atoms with Gasteiger partial charge in [-0.15, -0.1) is 0 Å². The number of carbonyl (C=O) groups is 2. The normalized spacial score (nSPS) is 14.0. The Bertz CT molecular complexity index is 1340. The average molecular weight is 473 g/mol. The van der Waals surface area contributed by atoms with Crippen molar-refractivity contribution in [3.05, 3.63) is 65.7 Å². The molecule has 0 unspecified atom stereocenters. The highest BCUT2D eigenvalue weighted by atomic mass is 16.5. The first-order chi connectivity index (χ1) is 17.0. The number of benzene rings is 2. The third-order valence-corrected chi connectivity index (χ3v) is 5.85. The van der Waals surface area contributed by atoms with Gasteiger partial charge in [-0.25, -0.2) is 0 Å². The Morgan fingerprint density at radius 3 is 2.46 bits per heavy atom. The van der Waals surface area contributed by atoms with Crippen LogP contribution in [-0.4, -0.2) is 56.8 Å². The molecular formula is C25H23N5O5. The highest BCUT2D eigenvalue weighted by molar-refractivity contribution is 6.04. The van der Waals surface area contributed by atoms with Crippen molar-refractivity contribution in [3.63, 3.8) is 0 Å². The van der Waals surface area contributed by atoms with Crippen LogP contribution in [0.15, 0.2) is 63.6 Å². The number of carboxylic acid groups (broad SMARTS) is 1. The summed E-state index contributed by atoms with van der Waals surface area (Å²) in [5, 5.41) is 20.0. The minimum absolute atomic E-state index is 0.0558. The Balaban J connectivity index is 1.37. The third kappa shape index (κ3) is 4.56. The van der Waals surface area contributed by atoms with E-state index in [2.05, 4.69) is 25.5 Å². The second-order valence-corrected chi connectivity index (χ2v) is 8.31. The lowest BCUT2D eigenvalue weighted by Crippen LogP contribution is -2.49. The lowest BCUT2D eigenvalue weighted by molar-refractivity contribution is -0.147. The molecule has 0 spiro atoms. The van der Waals surface area contributed by atoms with Gasteiger partial charge in [-0.1, -0.05) is 64.9 Å². The second kappa shape index (κ2) is 9.51. The summed E-state index contributed by atoms with van der Waals surface area (Å²) in [5.74, 6) is -0.864. The van der Waals surface area contributed by atoms with E-state index in [1.165, 1.54) is 0 Å². The van der Waals surface area contributed by atoms with E-state index < -0.39 is 5.97 Å². The van der Waals surface area contributed by atoms with Crippen LogP contribution in [0.2, 0.25) is 0 Å². The van der Waals surface area contributed by atoms with Crippen LogP contribution in [0.5, 0.6) is 0 Å². The summed E-state index contributed by atoms with van der Waals surface area (Å²) < 4.78 is 10.9. The zero-order chi connectivity index (χ0) is 24.4. The molecule has 35 heavy (non-hydrogen) atoms. The van der Waals surface area contributed by atoms with Crippen molar-refractivity contribution in [1.29, 1.82) is 0 Å². The molecule has 10 heteroatoms. The minimum Gasteiger partial charge on any atom is -0.481 e. The first-order valence-corrected chi connectivity index (χ1v) is 11.2. The molecule has 1 fully saturated rings. The fourth-order valence-corrected chi connectivity index (χ4v) is 3.99. The van der Waals surface area contributed by atoms with Crippen molar-refractivity contribution < 1.29 is 23.7 Å². The van der Waals surface area contributed by atoms with Crippen LogP contribution in [-0.2, 0) is 11.3 Å². The van der Waals surface area contributed by atoms with Crippen LogP contribution < -0.4 is 5.32 Å². The zero-order valence-corrected chi connectivity index (χ0v) is 19.0. The molecule has 2 aromatic carbocycles. The maximum atomic E-state index is 12.8. The van der Waals surface area contributed by atoms with Gasteiger partial charge in [-0.2, -0.15) is 4.98 Å². The highest BCUT2D eigenvalue weighted by Gasteiger charge is 2.32. The van der Waals surface area contributed by atoms with E-state index in [9.17, 15) is 9.59 Å². The van der Waals surface area contributed by atoms with Gasteiger partial charge in [0.15, 0.2) is 0 Å². The Morgan fingerprint density at radius 2 is 1.77 bits per heavy atom. The molecule has 1 amide bonds. The number of carboxylic acids is 1. The van der Waals surface area contributed by atoms with E-state index in [1.807, 2.05) is 61.5 Å². The van der Waals surface area contributed by atoms with Crippen LogP contribution in [0, 0.1) is 5.92 Å². The van der Waals surface area contributed by atoms with E-state index in [1.54, 1.807) is 0 Å². The Morgan fingerprint density at radius 1 is 1.03 bits per heavy atom. The lowest BCUT2D eigenvalue weighted by Gasteiger charge is -2.36. The number of nitrogens with one attached hydrogen (secondary N) is 1. The van der Waals surface area contributed by atoms with Crippen molar-refractivity contribution in [1.82, 2.24) is 25.5 Å². The van der Waals surface area contributed by atoms with Crippen molar-refractivity contribution in [2.75, 3.05) is 19.6 Å². The van der Waals surface area contributed by atoms with Gasteiger partial charge in [0.1, 0.15) is 11.3 Å². The summed E-state index contributed by atoms with van der Waals surface area (Å²) in [6.45, 7) is 4.06. The van der Waals surface area contributed by atoms with Gasteiger partial charge in [-0.05, 0) is 12.5 Å². The van der Waals surface area contributed by atoms with Crippen LogP contribution in [0.1, 0.15) is 22.8 Å². The number of aromatic nitrogens is 3. The van der Waals surface area contributed by atoms with E-state index >= 15 is 0 Å². The van der Waals surface area contributed by atoms with Crippen LogP contribution in [0.3, 0.4) is 0 Å². The number of nitrogens with zero attached hydrogens (tertiary/aromatic N) is 4. The predicted molar refractivity (Wildman–Crippen MR) is 125 cm³/mol. The third-order valence-electron chi connectivity index (χ3n) is 5.85. The predicted octanol–water partition coefficient (Wildman–Crippen LogP) is 3.32. The quantitative estimate of drug-likeness (QED) is 0.395. The fraction of sp³-hybridized carbons (Fsp3) is 0.240. The molecule has 1 saturated heterocycles. The first-order valence-electron chi connectivity index (χ1n) is 11.2. The van der Waals surface area contributed by atoms with Crippen LogP contribution in [0.4, 0.5) is 0 Å². The largest absolute Gasteiger partial charge is 0.481 e. The maximum Gasteiger partial charge on any atom is 0.309 e. The fourth-order valence-electron chi connectivity index (χ4n) is 3.99. The van der Waals surface area contributed by atoms with E-state index in [0.717, 1.165) is 16.7 Å². The standard InChI is InChI=1S/C25H23N5O5/c1-2-26-23(31)19-20(16-6-4-3-5-7-16)28-34-21(19)24-27-22(29-35-24)17-10-8-15(9-11-17)12-30-13-18(14-30)25(32)33/h3-11,18H,2,12-14H2,1H3,(H,26,31)(H,32,33). The maximum absolute atomic E-state index is 12.8. The molecule has 5 rings (SSSR count). The van der Waals surface area contributed by atoms with Crippen LogP contribution >= 0.6 is 0 Å². The molecule has 1 aliphatic rings. The average Bonchev–Trinajstić information content (AvgIpc) is 3.49. The van der Waals surface area contributed by atoms with Gasteiger partial charge < -0.3 is 19.5 Å². The van der Waals surface area contributed by atoms with Gasteiger partial charge >= 0.3 is 5.97 Å². The number of amides is 1. The summed E-state index contributed by atoms with van der Waals surface area (Å²) in [4.78, 5) is 30.3. The summed E-state index contributed by atoms with van der Waals surface area (Å²) >= 11 is 0. The minimum atomic E-state index is -0.748. The number of carbonyl (C=O) groups excluding carboxylic acids is 1. The number of hydrogen-bond donors (Lipinski definition) is 2. The Kier molecular flexibility index (Phi) is 6.11. The van der Waals surface area contributed by atoms with E-state index in [4.69, 9.17) is 14.2 Å². The second-order valence-electron chi connectivity index (χ2n) is 8.31.